The molecule has 0 radical (unpaired) electrons. The Balaban J connectivity index is 1.86. The van der Waals surface area contributed by atoms with Crippen LogP contribution in [0.2, 0.25) is 0 Å². The van der Waals surface area contributed by atoms with Gasteiger partial charge in [-0.05, 0) is 17.5 Å². The van der Waals surface area contributed by atoms with Gasteiger partial charge in [-0.1, -0.05) is 60.7 Å². The van der Waals surface area contributed by atoms with E-state index in [9.17, 15) is 19.5 Å². The topological polar surface area (TPSA) is 116 Å². The number of rotatable bonds is 9. The molecule has 7 heteroatoms. The minimum absolute atomic E-state index is 0.0174. The zero-order valence-corrected chi connectivity index (χ0v) is 14.6. The van der Waals surface area contributed by atoms with Crippen molar-refractivity contribution in [2.24, 2.45) is 11.7 Å². The normalized spacial score (nSPS) is 12.6. The summed E-state index contributed by atoms with van der Waals surface area (Å²) >= 11 is 0. The maximum atomic E-state index is 12.1. The van der Waals surface area contributed by atoms with Crippen molar-refractivity contribution in [2.75, 3.05) is 0 Å². The highest BCUT2D eigenvalue weighted by atomic mass is 16.5. The Labute approximate surface area is 156 Å². The molecule has 3 N–H and O–H groups in total. The Morgan fingerprint density at radius 3 is 1.70 bits per heavy atom. The van der Waals surface area contributed by atoms with Crippen molar-refractivity contribution in [1.29, 1.82) is 0 Å². The molecule has 2 aromatic rings. The summed E-state index contributed by atoms with van der Waals surface area (Å²) in [5, 5.41) is 9.27. The molecule has 0 aliphatic heterocycles. The lowest BCUT2D eigenvalue weighted by Crippen LogP contribution is -2.39. The number of carbonyl (C=O) groups excluding carboxylic acids is 2. The van der Waals surface area contributed by atoms with Gasteiger partial charge in [-0.3, -0.25) is 14.4 Å². The monoisotopic (exact) mass is 371 g/mol. The lowest BCUT2D eigenvalue weighted by molar-refractivity contribution is -0.160. The largest absolute Gasteiger partial charge is 0.481 e. The number of nitrogens with two attached hydrogens (primary N) is 1. The first-order valence-electron chi connectivity index (χ1n) is 8.37. The number of carboxylic acids is 1. The van der Waals surface area contributed by atoms with Crippen LogP contribution in [0.4, 0.5) is 0 Å². The third-order valence-corrected chi connectivity index (χ3v) is 3.82. The molecule has 2 rings (SSSR count). The van der Waals surface area contributed by atoms with Crippen LogP contribution >= 0.6 is 0 Å². The van der Waals surface area contributed by atoms with Gasteiger partial charge in [-0.25, -0.2) is 0 Å². The van der Waals surface area contributed by atoms with Gasteiger partial charge in [0, 0.05) is 0 Å². The average molecular weight is 371 g/mol. The molecule has 0 bridgehead atoms. The van der Waals surface area contributed by atoms with Gasteiger partial charge < -0.3 is 20.3 Å². The SMILES string of the molecule is N[C@@H](CC(C(=O)O)C(=O)OCc1ccccc1)C(=O)OCc1ccccc1. The van der Waals surface area contributed by atoms with E-state index in [0.717, 1.165) is 11.1 Å². The fraction of sp³-hybridized carbons (Fsp3) is 0.250. The fourth-order valence-corrected chi connectivity index (χ4v) is 2.31. The van der Waals surface area contributed by atoms with Crippen LogP contribution < -0.4 is 5.73 Å². The Morgan fingerprint density at radius 1 is 0.815 bits per heavy atom. The minimum Gasteiger partial charge on any atom is -0.481 e. The predicted octanol–water partition coefficient (Wildman–Crippen LogP) is 1.89. The van der Waals surface area contributed by atoms with Crippen LogP contribution in [0.5, 0.6) is 0 Å². The summed E-state index contributed by atoms with van der Waals surface area (Å²) < 4.78 is 10.1. The lowest BCUT2D eigenvalue weighted by Gasteiger charge is -2.16. The zero-order valence-electron chi connectivity index (χ0n) is 14.6. The van der Waals surface area contributed by atoms with Crippen molar-refractivity contribution < 1.29 is 29.0 Å². The number of benzene rings is 2. The van der Waals surface area contributed by atoms with E-state index < -0.39 is 36.3 Å². The molecular weight excluding hydrogens is 350 g/mol. The summed E-state index contributed by atoms with van der Waals surface area (Å²) in [7, 11) is 0. The molecule has 0 fully saturated rings. The highest BCUT2D eigenvalue weighted by Gasteiger charge is 2.32. The van der Waals surface area contributed by atoms with E-state index in [0.29, 0.717) is 0 Å². The van der Waals surface area contributed by atoms with E-state index in [1.807, 2.05) is 12.1 Å². The highest BCUT2D eigenvalue weighted by molar-refractivity contribution is 5.94. The van der Waals surface area contributed by atoms with Gasteiger partial charge in [0.15, 0.2) is 5.92 Å². The van der Waals surface area contributed by atoms with Crippen LogP contribution in [0.15, 0.2) is 60.7 Å². The molecule has 0 aliphatic rings. The standard InChI is InChI=1S/C20H21NO6/c21-17(20(25)27-13-15-9-5-2-6-10-15)11-16(18(22)23)19(24)26-12-14-7-3-1-4-8-14/h1-10,16-17H,11-13,21H2,(H,22,23)/t16?,17-/m0/s1. The summed E-state index contributed by atoms with van der Waals surface area (Å²) in [5.41, 5.74) is 7.22. The number of carbonyl (C=O) groups is 3. The van der Waals surface area contributed by atoms with Crippen LogP contribution in [-0.4, -0.2) is 29.1 Å². The van der Waals surface area contributed by atoms with Crippen molar-refractivity contribution in [3.05, 3.63) is 71.8 Å². The number of esters is 2. The van der Waals surface area contributed by atoms with Gasteiger partial charge in [0.05, 0.1) is 0 Å². The number of ether oxygens (including phenoxy) is 2. The van der Waals surface area contributed by atoms with Crippen molar-refractivity contribution in [2.45, 2.75) is 25.7 Å². The average Bonchev–Trinajstić information content (AvgIpc) is 2.69. The molecule has 0 saturated heterocycles. The zero-order chi connectivity index (χ0) is 19.6. The summed E-state index contributed by atoms with van der Waals surface area (Å²) in [6.07, 6.45) is -0.406. The van der Waals surface area contributed by atoms with Crippen LogP contribution in [0.3, 0.4) is 0 Å². The molecule has 0 heterocycles. The molecule has 27 heavy (non-hydrogen) atoms. The second-order valence-electron chi connectivity index (χ2n) is 5.92. The summed E-state index contributed by atoms with van der Waals surface area (Å²) in [6.45, 7) is -0.0410. The Morgan fingerprint density at radius 2 is 1.26 bits per heavy atom. The Hall–Kier alpha value is -3.19. The molecule has 1 unspecified atom stereocenters. The van der Waals surface area contributed by atoms with E-state index in [-0.39, 0.29) is 13.2 Å². The minimum atomic E-state index is -1.55. The first-order chi connectivity index (χ1) is 13.0. The Kier molecular flexibility index (Phi) is 7.51. The van der Waals surface area contributed by atoms with Crippen molar-refractivity contribution in [3.8, 4) is 0 Å². The van der Waals surface area contributed by atoms with E-state index in [4.69, 9.17) is 15.2 Å². The van der Waals surface area contributed by atoms with Crippen LogP contribution in [0, 0.1) is 5.92 Å². The lowest BCUT2D eigenvalue weighted by atomic mass is 10.0. The molecular formula is C20H21NO6. The number of hydrogen-bond donors (Lipinski definition) is 2. The summed E-state index contributed by atoms with van der Waals surface area (Å²) in [5.74, 6) is -4.68. The third-order valence-electron chi connectivity index (χ3n) is 3.82. The highest BCUT2D eigenvalue weighted by Crippen LogP contribution is 2.13. The molecule has 0 amide bonds. The molecule has 0 spiro atoms. The number of carboxylic acid groups (broad SMARTS) is 1. The molecule has 0 aliphatic carbocycles. The van der Waals surface area contributed by atoms with Gasteiger partial charge in [0.2, 0.25) is 0 Å². The van der Waals surface area contributed by atoms with Crippen molar-refractivity contribution >= 4 is 17.9 Å². The molecule has 0 saturated carbocycles. The molecule has 2 atom stereocenters. The number of hydrogen-bond acceptors (Lipinski definition) is 6. The molecule has 0 aromatic heterocycles. The van der Waals surface area contributed by atoms with E-state index >= 15 is 0 Å². The fourth-order valence-electron chi connectivity index (χ4n) is 2.31. The van der Waals surface area contributed by atoms with Gasteiger partial charge in [0.1, 0.15) is 19.3 Å². The number of aliphatic carboxylic acids is 1. The Bertz CT molecular complexity index is 763. The maximum absolute atomic E-state index is 12.1. The van der Waals surface area contributed by atoms with Crippen LogP contribution in [-0.2, 0) is 37.1 Å². The molecule has 142 valence electrons. The summed E-state index contributed by atoms with van der Waals surface area (Å²) in [4.78, 5) is 35.5. The molecule has 2 aromatic carbocycles. The second kappa shape index (κ2) is 10.1. The van der Waals surface area contributed by atoms with Crippen molar-refractivity contribution in [3.63, 3.8) is 0 Å². The van der Waals surface area contributed by atoms with E-state index in [1.54, 1.807) is 48.5 Å². The van der Waals surface area contributed by atoms with Crippen molar-refractivity contribution in [1.82, 2.24) is 0 Å². The van der Waals surface area contributed by atoms with Gasteiger partial charge in [-0.2, -0.15) is 0 Å². The third kappa shape index (κ3) is 6.56. The van der Waals surface area contributed by atoms with Gasteiger partial charge in [-0.15, -0.1) is 0 Å². The van der Waals surface area contributed by atoms with E-state index in [2.05, 4.69) is 0 Å². The maximum Gasteiger partial charge on any atom is 0.323 e. The second-order valence-corrected chi connectivity index (χ2v) is 5.92. The first-order valence-corrected chi connectivity index (χ1v) is 8.37. The van der Waals surface area contributed by atoms with Crippen LogP contribution in [0.1, 0.15) is 17.5 Å². The van der Waals surface area contributed by atoms with Crippen LogP contribution in [0.25, 0.3) is 0 Å². The predicted molar refractivity (Wildman–Crippen MR) is 96.2 cm³/mol. The van der Waals surface area contributed by atoms with Gasteiger partial charge in [0.25, 0.3) is 0 Å². The van der Waals surface area contributed by atoms with E-state index in [1.165, 1.54) is 0 Å². The quantitative estimate of drug-likeness (QED) is 0.511. The van der Waals surface area contributed by atoms with Gasteiger partial charge >= 0.3 is 17.9 Å². The first kappa shape index (κ1) is 20.1. The smallest absolute Gasteiger partial charge is 0.323 e. The molecule has 7 nitrogen and oxygen atoms in total. The summed E-state index contributed by atoms with van der Waals surface area (Å²) in [6, 6.07) is 16.6.